The third-order valence-corrected chi connectivity index (χ3v) is 2.30. The molecule has 0 saturated heterocycles. The van der Waals surface area contributed by atoms with Crippen molar-refractivity contribution >= 4 is 5.97 Å². The Labute approximate surface area is 108 Å². The van der Waals surface area contributed by atoms with Crippen molar-refractivity contribution in [2.45, 2.75) is 12.7 Å². The van der Waals surface area contributed by atoms with Gasteiger partial charge in [-0.25, -0.2) is 13.9 Å². The number of hydrogen-bond donors (Lipinski definition) is 1. The molecule has 2 heterocycles. The second kappa shape index (κ2) is 4.87. The Bertz CT molecular complexity index is 653. The monoisotopic (exact) mass is 290 g/mol. The maximum absolute atomic E-state index is 12.9. The summed E-state index contributed by atoms with van der Waals surface area (Å²) in [5, 5.41) is 14.8. The number of hydrogen-bond acceptors (Lipinski definition) is 4. The van der Waals surface area contributed by atoms with E-state index in [4.69, 9.17) is 5.11 Å². The van der Waals surface area contributed by atoms with Crippen molar-refractivity contribution in [3.05, 3.63) is 41.2 Å². The van der Waals surface area contributed by atoms with Crippen molar-refractivity contribution in [2.24, 2.45) is 0 Å². The van der Waals surface area contributed by atoms with Gasteiger partial charge in [-0.15, -0.1) is 5.10 Å². The van der Waals surface area contributed by atoms with Gasteiger partial charge in [0, 0.05) is 6.20 Å². The van der Waals surface area contributed by atoms with Crippen molar-refractivity contribution < 1.29 is 27.5 Å². The first-order valence-electron chi connectivity index (χ1n) is 5.12. The van der Waals surface area contributed by atoms with Gasteiger partial charge in [-0.3, -0.25) is 4.98 Å². The third-order valence-electron chi connectivity index (χ3n) is 2.30. The van der Waals surface area contributed by atoms with Gasteiger partial charge < -0.3 is 5.11 Å². The summed E-state index contributed by atoms with van der Waals surface area (Å²) in [4.78, 5) is 14.2. The molecule has 20 heavy (non-hydrogen) atoms. The molecular formula is C10H6F4N4O2. The summed E-state index contributed by atoms with van der Waals surface area (Å²) in [6.07, 6.45) is -2.92. The van der Waals surface area contributed by atoms with Crippen LogP contribution in [0.4, 0.5) is 17.6 Å². The van der Waals surface area contributed by atoms with E-state index in [2.05, 4.69) is 15.3 Å². The van der Waals surface area contributed by atoms with E-state index in [1.165, 1.54) is 0 Å². The molecule has 0 radical (unpaired) electrons. The van der Waals surface area contributed by atoms with E-state index in [-0.39, 0.29) is 5.56 Å². The summed E-state index contributed by atoms with van der Waals surface area (Å²) < 4.78 is 51.8. The molecule has 0 bridgehead atoms. The Morgan fingerprint density at radius 3 is 2.60 bits per heavy atom. The lowest BCUT2D eigenvalue weighted by atomic mass is 10.2. The van der Waals surface area contributed by atoms with Crippen LogP contribution in [0.25, 0.3) is 0 Å². The van der Waals surface area contributed by atoms with Crippen LogP contribution in [-0.4, -0.2) is 31.1 Å². The molecule has 10 heteroatoms. The number of nitrogens with zero attached hydrogens (tertiary/aromatic N) is 4. The van der Waals surface area contributed by atoms with Crippen molar-refractivity contribution in [2.75, 3.05) is 0 Å². The standard InChI is InChI=1S/C10H6F4N4O2/c11-6-1-5(2-15-3-6)4-18-8(10(12,13)14)7(9(19)20)16-17-18/h1-3H,4H2,(H,19,20). The predicted molar refractivity (Wildman–Crippen MR) is 55.3 cm³/mol. The molecule has 0 amide bonds. The number of carboxylic acid groups (broad SMARTS) is 1. The maximum atomic E-state index is 12.9. The van der Waals surface area contributed by atoms with E-state index in [0.29, 0.717) is 4.68 Å². The van der Waals surface area contributed by atoms with Crippen LogP contribution in [0.2, 0.25) is 0 Å². The lowest BCUT2D eigenvalue weighted by molar-refractivity contribution is -0.144. The number of carbonyl (C=O) groups is 1. The first-order chi connectivity index (χ1) is 9.29. The van der Waals surface area contributed by atoms with Gasteiger partial charge in [0.05, 0.1) is 12.7 Å². The first kappa shape index (κ1) is 13.9. The second-order valence-corrected chi connectivity index (χ2v) is 3.76. The van der Waals surface area contributed by atoms with Crippen LogP contribution < -0.4 is 0 Å². The molecule has 2 rings (SSSR count). The highest BCUT2D eigenvalue weighted by Gasteiger charge is 2.41. The lowest BCUT2D eigenvalue weighted by Crippen LogP contribution is -2.19. The molecule has 0 aromatic carbocycles. The molecule has 0 aliphatic heterocycles. The van der Waals surface area contributed by atoms with Crippen LogP contribution in [0.15, 0.2) is 18.5 Å². The first-order valence-corrected chi connectivity index (χ1v) is 5.12. The van der Waals surface area contributed by atoms with E-state index in [9.17, 15) is 22.4 Å². The highest BCUT2D eigenvalue weighted by molar-refractivity contribution is 5.86. The van der Waals surface area contributed by atoms with Crippen LogP contribution in [0.1, 0.15) is 21.7 Å². The number of pyridine rings is 1. The van der Waals surface area contributed by atoms with Gasteiger partial charge in [-0.1, -0.05) is 5.21 Å². The minimum absolute atomic E-state index is 0.0948. The molecule has 6 nitrogen and oxygen atoms in total. The van der Waals surface area contributed by atoms with Gasteiger partial charge in [-0.2, -0.15) is 13.2 Å². The molecule has 0 atom stereocenters. The quantitative estimate of drug-likeness (QED) is 0.868. The zero-order valence-corrected chi connectivity index (χ0v) is 9.60. The zero-order chi connectivity index (χ0) is 14.9. The summed E-state index contributed by atoms with van der Waals surface area (Å²) in [5.74, 6) is -2.57. The van der Waals surface area contributed by atoms with Crippen LogP contribution in [0.3, 0.4) is 0 Å². The summed E-state index contributed by atoms with van der Waals surface area (Å²) in [5.41, 5.74) is -2.62. The summed E-state index contributed by atoms with van der Waals surface area (Å²) in [7, 11) is 0. The normalized spacial score (nSPS) is 11.6. The van der Waals surface area contributed by atoms with E-state index < -0.39 is 35.9 Å². The highest BCUT2D eigenvalue weighted by atomic mass is 19.4. The maximum Gasteiger partial charge on any atom is 0.435 e. The molecule has 0 aliphatic rings. The van der Waals surface area contributed by atoms with Gasteiger partial charge in [0.25, 0.3) is 0 Å². The molecule has 0 fully saturated rings. The predicted octanol–water partition coefficient (Wildman–Crippen LogP) is 1.58. The van der Waals surface area contributed by atoms with E-state index in [1.807, 2.05) is 0 Å². The van der Waals surface area contributed by atoms with Crippen molar-refractivity contribution in [3.63, 3.8) is 0 Å². The van der Waals surface area contributed by atoms with Gasteiger partial charge >= 0.3 is 12.1 Å². The topological polar surface area (TPSA) is 80.9 Å². The Kier molecular flexibility index (Phi) is 3.38. The highest BCUT2D eigenvalue weighted by Crippen LogP contribution is 2.31. The van der Waals surface area contributed by atoms with Crippen LogP contribution in [0, 0.1) is 5.82 Å². The number of carboxylic acids is 1. The molecule has 1 N–H and O–H groups in total. The molecule has 0 unspecified atom stereocenters. The van der Waals surface area contributed by atoms with Gasteiger partial charge in [0.15, 0.2) is 5.69 Å². The summed E-state index contributed by atoms with van der Waals surface area (Å²) in [6, 6.07) is 0.968. The molecule has 2 aromatic heterocycles. The van der Waals surface area contributed by atoms with Gasteiger partial charge in [0.2, 0.25) is 5.69 Å². The van der Waals surface area contributed by atoms with Crippen molar-refractivity contribution in [3.8, 4) is 0 Å². The zero-order valence-electron chi connectivity index (χ0n) is 9.60. The van der Waals surface area contributed by atoms with Crippen LogP contribution in [0.5, 0.6) is 0 Å². The molecule has 0 spiro atoms. The van der Waals surface area contributed by atoms with Gasteiger partial charge in [0.1, 0.15) is 5.82 Å². The Balaban J connectivity index is 2.45. The number of rotatable bonds is 3. The molecule has 0 aliphatic carbocycles. The molecule has 2 aromatic rings. The Hall–Kier alpha value is -2.52. The molecule has 0 saturated carbocycles. The SMILES string of the molecule is O=C(O)c1nnn(Cc2cncc(F)c2)c1C(F)(F)F. The number of aromatic nitrogens is 4. The van der Waals surface area contributed by atoms with Crippen molar-refractivity contribution in [1.82, 2.24) is 20.0 Å². The fraction of sp³-hybridized carbons (Fsp3) is 0.200. The fourth-order valence-corrected chi connectivity index (χ4v) is 1.56. The average Bonchev–Trinajstić information content (AvgIpc) is 2.72. The minimum atomic E-state index is -4.95. The van der Waals surface area contributed by atoms with Crippen LogP contribution in [-0.2, 0) is 12.7 Å². The van der Waals surface area contributed by atoms with E-state index in [0.717, 1.165) is 18.5 Å². The largest absolute Gasteiger partial charge is 0.476 e. The average molecular weight is 290 g/mol. The molecular weight excluding hydrogens is 284 g/mol. The van der Waals surface area contributed by atoms with Crippen molar-refractivity contribution in [1.29, 1.82) is 0 Å². The Morgan fingerprint density at radius 2 is 2.05 bits per heavy atom. The number of aromatic carboxylic acids is 1. The fourth-order valence-electron chi connectivity index (χ4n) is 1.56. The minimum Gasteiger partial charge on any atom is -0.476 e. The van der Waals surface area contributed by atoms with E-state index >= 15 is 0 Å². The second-order valence-electron chi connectivity index (χ2n) is 3.76. The van der Waals surface area contributed by atoms with Crippen LogP contribution >= 0.6 is 0 Å². The molecule has 106 valence electrons. The summed E-state index contributed by atoms with van der Waals surface area (Å²) >= 11 is 0. The Morgan fingerprint density at radius 1 is 1.35 bits per heavy atom. The lowest BCUT2D eigenvalue weighted by Gasteiger charge is -2.09. The smallest absolute Gasteiger partial charge is 0.435 e. The van der Waals surface area contributed by atoms with Gasteiger partial charge in [-0.05, 0) is 11.6 Å². The van der Waals surface area contributed by atoms with E-state index in [1.54, 1.807) is 0 Å². The third kappa shape index (κ3) is 2.73. The summed E-state index contributed by atoms with van der Waals surface area (Å²) in [6.45, 7) is -0.500. The number of alkyl halides is 3. The number of halogens is 4.